The molecule has 0 unspecified atom stereocenters. The molecule has 0 aromatic heterocycles. The maximum Gasteiger partial charge on any atom is 0.0464 e. The van der Waals surface area contributed by atoms with Crippen molar-refractivity contribution in [2.24, 2.45) is 0 Å². The first-order valence-electron chi connectivity index (χ1n) is 4.65. The van der Waals surface area contributed by atoms with Crippen LogP contribution in [0.1, 0.15) is 5.56 Å². The van der Waals surface area contributed by atoms with Crippen molar-refractivity contribution in [3.8, 4) is 0 Å². The van der Waals surface area contributed by atoms with Gasteiger partial charge in [0.15, 0.2) is 0 Å². The largest absolute Gasteiger partial charge is 0.355 e. The number of rotatable bonds is 2. The van der Waals surface area contributed by atoms with Crippen molar-refractivity contribution in [3.05, 3.63) is 60.2 Å². The molecular formula is C13H12N. The van der Waals surface area contributed by atoms with Gasteiger partial charge in [-0.3, -0.25) is 0 Å². The molecule has 2 rings (SSSR count). The van der Waals surface area contributed by atoms with E-state index in [2.05, 4.69) is 30.4 Å². The molecule has 69 valence electrons. The molecular weight excluding hydrogens is 170 g/mol. The van der Waals surface area contributed by atoms with Crippen LogP contribution in [0.4, 0.5) is 11.4 Å². The van der Waals surface area contributed by atoms with E-state index in [-0.39, 0.29) is 0 Å². The lowest BCUT2D eigenvalue weighted by Crippen LogP contribution is -1.91. The van der Waals surface area contributed by atoms with Crippen LogP contribution in [0.2, 0.25) is 0 Å². The summed E-state index contributed by atoms with van der Waals surface area (Å²) in [7, 11) is 0. The second kappa shape index (κ2) is 3.97. The fourth-order valence-corrected chi connectivity index (χ4v) is 1.33. The third-order valence-electron chi connectivity index (χ3n) is 2.12. The third-order valence-corrected chi connectivity index (χ3v) is 2.12. The van der Waals surface area contributed by atoms with Gasteiger partial charge in [0.2, 0.25) is 0 Å². The van der Waals surface area contributed by atoms with E-state index in [9.17, 15) is 0 Å². The molecule has 2 aromatic rings. The first kappa shape index (κ1) is 8.82. The van der Waals surface area contributed by atoms with Gasteiger partial charge in [0.25, 0.3) is 0 Å². The number of hydrogen-bond donors (Lipinski definition) is 1. The number of aryl methyl sites for hydroxylation is 1. The molecule has 0 spiro atoms. The van der Waals surface area contributed by atoms with Gasteiger partial charge in [-0.25, -0.2) is 0 Å². The average molecular weight is 182 g/mol. The zero-order valence-corrected chi connectivity index (χ0v) is 8.12. The molecule has 1 nitrogen and oxygen atoms in total. The van der Waals surface area contributed by atoms with Gasteiger partial charge in [-0.2, -0.15) is 0 Å². The Balaban J connectivity index is 2.24. The lowest BCUT2D eigenvalue weighted by Gasteiger charge is -2.08. The number of anilines is 2. The van der Waals surface area contributed by atoms with Crippen molar-refractivity contribution in [3.63, 3.8) is 0 Å². The van der Waals surface area contributed by atoms with E-state index >= 15 is 0 Å². The van der Waals surface area contributed by atoms with Crippen molar-refractivity contribution in [2.45, 2.75) is 6.92 Å². The summed E-state index contributed by atoms with van der Waals surface area (Å²) >= 11 is 0. The van der Waals surface area contributed by atoms with Crippen LogP contribution in [-0.4, -0.2) is 0 Å². The highest BCUT2D eigenvalue weighted by Crippen LogP contribution is 2.18. The van der Waals surface area contributed by atoms with E-state index in [0.717, 1.165) is 11.4 Å². The highest BCUT2D eigenvalue weighted by Gasteiger charge is 1.95. The van der Waals surface area contributed by atoms with Crippen LogP contribution >= 0.6 is 0 Å². The highest BCUT2D eigenvalue weighted by molar-refractivity contribution is 5.62. The van der Waals surface area contributed by atoms with Crippen LogP contribution in [-0.2, 0) is 0 Å². The van der Waals surface area contributed by atoms with Crippen LogP contribution in [0, 0.1) is 13.0 Å². The van der Waals surface area contributed by atoms with Crippen molar-refractivity contribution in [1.82, 2.24) is 0 Å². The molecule has 0 saturated heterocycles. The molecule has 0 saturated carbocycles. The van der Waals surface area contributed by atoms with Gasteiger partial charge in [-0.05, 0) is 24.6 Å². The molecule has 1 radical (unpaired) electrons. The van der Waals surface area contributed by atoms with Crippen molar-refractivity contribution < 1.29 is 0 Å². The molecule has 1 heteroatoms. The summed E-state index contributed by atoms with van der Waals surface area (Å²) in [5.41, 5.74) is 3.38. The predicted octanol–water partition coefficient (Wildman–Crippen LogP) is 3.54. The van der Waals surface area contributed by atoms with Crippen LogP contribution < -0.4 is 5.32 Å². The molecule has 0 aliphatic carbocycles. The minimum atomic E-state index is 1.00. The Morgan fingerprint density at radius 1 is 1.00 bits per heavy atom. The first-order valence-corrected chi connectivity index (χ1v) is 4.65. The molecule has 0 aliphatic heterocycles. The van der Waals surface area contributed by atoms with E-state index in [1.54, 1.807) is 0 Å². The van der Waals surface area contributed by atoms with Gasteiger partial charge in [0, 0.05) is 17.4 Å². The van der Waals surface area contributed by atoms with E-state index in [4.69, 9.17) is 0 Å². The maximum absolute atomic E-state index is 3.32. The fourth-order valence-electron chi connectivity index (χ4n) is 1.33. The minimum absolute atomic E-state index is 1.00. The van der Waals surface area contributed by atoms with E-state index in [0.29, 0.717) is 0 Å². The SMILES string of the molecule is Cc1ccccc1Nc1[c]cccc1. The number of para-hydroxylation sites is 2. The predicted molar refractivity (Wildman–Crippen MR) is 59.7 cm³/mol. The maximum atomic E-state index is 3.32. The van der Waals surface area contributed by atoms with Gasteiger partial charge in [-0.1, -0.05) is 36.4 Å². The molecule has 0 aliphatic rings. The second-order valence-corrected chi connectivity index (χ2v) is 3.22. The quantitative estimate of drug-likeness (QED) is 0.749. The monoisotopic (exact) mass is 182 g/mol. The molecule has 0 fully saturated rings. The summed E-state index contributed by atoms with van der Waals surface area (Å²) < 4.78 is 0. The Morgan fingerprint density at radius 2 is 1.79 bits per heavy atom. The van der Waals surface area contributed by atoms with E-state index in [1.807, 2.05) is 36.4 Å². The zero-order valence-electron chi connectivity index (χ0n) is 8.12. The Hall–Kier alpha value is -1.76. The molecule has 1 N–H and O–H groups in total. The lowest BCUT2D eigenvalue weighted by molar-refractivity contribution is 1.43. The van der Waals surface area contributed by atoms with Gasteiger partial charge in [0.05, 0.1) is 0 Å². The number of hydrogen-bond acceptors (Lipinski definition) is 1. The molecule has 2 aromatic carbocycles. The van der Waals surface area contributed by atoms with Crippen LogP contribution in [0.3, 0.4) is 0 Å². The highest BCUT2D eigenvalue weighted by atomic mass is 14.9. The Bertz CT molecular complexity index is 407. The van der Waals surface area contributed by atoms with Crippen molar-refractivity contribution in [2.75, 3.05) is 5.32 Å². The summed E-state index contributed by atoms with van der Waals surface area (Å²) in [5.74, 6) is 0. The summed E-state index contributed by atoms with van der Waals surface area (Å²) in [6.07, 6.45) is 0. The second-order valence-electron chi connectivity index (χ2n) is 3.22. The summed E-state index contributed by atoms with van der Waals surface area (Å²) in [4.78, 5) is 0. The number of nitrogens with one attached hydrogen (secondary N) is 1. The summed E-state index contributed by atoms with van der Waals surface area (Å²) in [5, 5.41) is 3.32. The van der Waals surface area contributed by atoms with Gasteiger partial charge >= 0.3 is 0 Å². The smallest absolute Gasteiger partial charge is 0.0464 e. The molecule has 14 heavy (non-hydrogen) atoms. The topological polar surface area (TPSA) is 12.0 Å². The standard InChI is InChI=1S/C13H12N/c1-11-7-5-6-10-13(11)14-12-8-3-2-4-9-12/h2-8,10,14H,1H3. The van der Waals surface area contributed by atoms with Gasteiger partial charge in [-0.15, -0.1) is 0 Å². The van der Waals surface area contributed by atoms with Gasteiger partial charge < -0.3 is 5.32 Å². The summed E-state index contributed by atoms with van der Waals surface area (Å²) in [6, 6.07) is 19.2. The van der Waals surface area contributed by atoms with Crippen molar-refractivity contribution >= 4 is 11.4 Å². The Kier molecular flexibility index (Phi) is 2.50. The number of benzene rings is 2. The minimum Gasteiger partial charge on any atom is -0.355 e. The molecule has 0 amide bonds. The van der Waals surface area contributed by atoms with Crippen LogP contribution in [0.5, 0.6) is 0 Å². The lowest BCUT2D eigenvalue weighted by atomic mass is 10.2. The van der Waals surface area contributed by atoms with Crippen molar-refractivity contribution in [1.29, 1.82) is 0 Å². The summed E-state index contributed by atoms with van der Waals surface area (Å²) in [6.45, 7) is 2.09. The van der Waals surface area contributed by atoms with Crippen LogP contribution in [0.15, 0.2) is 48.5 Å². The zero-order chi connectivity index (χ0) is 9.80. The van der Waals surface area contributed by atoms with E-state index in [1.165, 1.54) is 5.56 Å². The first-order chi connectivity index (χ1) is 6.86. The Labute approximate surface area is 84.4 Å². The van der Waals surface area contributed by atoms with Crippen LogP contribution in [0.25, 0.3) is 0 Å². The Morgan fingerprint density at radius 3 is 2.50 bits per heavy atom. The molecule has 0 bridgehead atoms. The fraction of sp³-hybridized carbons (Fsp3) is 0.0769. The van der Waals surface area contributed by atoms with Gasteiger partial charge in [0.1, 0.15) is 0 Å². The molecule has 0 atom stereocenters. The normalized spacial score (nSPS) is 9.79. The average Bonchev–Trinajstić information content (AvgIpc) is 2.23. The van der Waals surface area contributed by atoms with E-state index < -0.39 is 0 Å². The molecule has 0 heterocycles. The third kappa shape index (κ3) is 1.94.